The molecule has 0 radical (unpaired) electrons. The Morgan fingerprint density at radius 1 is 1.10 bits per heavy atom. The van der Waals surface area contributed by atoms with E-state index in [4.69, 9.17) is 4.74 Å². The smallest absolute Gasteiger partial charge is 0.306 e. The summed E-state index contributed by atoms with van der Waals surface area (Å²) in [6.07, 6.45) is 4.83. The van der Waals surface area contributed by atoms with Gasteiger partial charge < -0.3 is 19.1 Å². The summed E-state index contributed by atoms with van der Waals surface area (Å²) in [7, 11) is 5.79. The van der Waals surface area contributed by atoms with Gasteiger partial charge >= 0.3 is 5.97 Å². The van der Waals surface area contributed by atoms with E-state index in [1.165, 1.54) is 12.8 Å². The van der Waals surface area contributed by atoms with Gasteiger partial charge in [0.15, 0.2) is 6.10 Å². The minimum Gasteiger partial charge on any atom is -0.550 e. The second-order valence-electron chi connectivity index (χ2n) is 6.33. The third kappa shape index (κ3) is 12.0. The van der Waals surface area contributed by atoms with E-state index in [9.17, 15) is 14.7 Å². The molecule has 0 N–H and O–H groups in total. The average molecular weight is 287 g/mol. The maximum atomic E-state index is 11.7. The number of carboxylic acids is 1. The molecule has 0 heterocycles. The first-order chi connectivity index (χ1) is 9.24. The molecular formula is C15H29NO4. The van der Waals surface area contributed by atoms with Crippen molar-refractivity contribution in [1.82, 2.24) is 0 Å². The van der Waals surface area contributed by atoms with Crippen LogP contribution in [0, 0.1) is 0 Å². The normalized spacial score (nSPS) is 13.0. The first-order valence-corrected chi connectivity index (χ1v) is 7.44. The summed E-state index contributed by atoms with van der Waals surface area (Å²) in [5.41, 5.74) is 0. The summed E-state index contributed by atoms with van der Waals surface area (Å²) in [6.45, 7) is 2.61. The van der Waals surface area contributed by atoms with Gasteiger partial charge in [0.25, 0.3) is 0 Å². The largest absolute Gasteiger partial charge is 0.550 e. The molecule has 0 aromatic carbocycles. The van der Waals surface area contributed by atoms with Crippen molar-refractivity contribution in [3.8, 4) is 0 Å². The quantitative estimate of drug-likeness (QED) is 0.324. The number of ether oxygens (including phenoxy) is 1. The molecule has 0 saturated heterocycles. The van der Waals surface area contributed by atoms with Gasteiger partial charge in [-0.25, -0.2) is 0 Å². The highest BCUT2D eigenvalue weighted by molar-refractivity contribution is 5.70. The molecule has 0 aliphatic heterocycles. The third-order valence-electron chi connectivity index (χ3n) is 2.93. The number of likely N-dealkylation sites (N-methyl/N-ethyl adjacent to an activating group) is 1. The van der Waals surface area contributed by atoms with Gasteiger partial charge in [-0.2, -0.15) is 0 Å². The van der Waals surface area contributed by atoms with E-state index < -0.39 is 12.1 Å². The maximum Gasteiger partial charge on any atom is 0.306 e. The third-order valence-corrected chi connectivity index (χ3v) is 2.93. The lowest BCUT2D eigenvalue weighted by Gasteiger charge is -2.29. The Morgan fingerprint density at radius 3 is 2.20 bits per heavy atom. The number of esters is 1. The molecule has 20 heavy (non-hydrogen) atoms. The Bertz CT molecular complexity index is 297. The van der Waals surface area contributed by atoms with Crippen LogP contribution < -0.4 is 5.11 Å². The van der Waals surface area contributed by atoms with E-state index in [0.717, 1.165) is 19.3 Å². The lowest BCUT2D eigenvalue weighted by Crippen LogP contribution is -2.45. The van der Waals surface area contributed by atoms with Crippen LogP contribution in [0.25, 0.3) is 0 Å². The van der Waals surface area contributed by atoms with Gasteiger partial charge in [0, 0.05) is 18.8 Å². The van der Waals surface area contributed by atoms with E-state index in [1.807, 2.05) is 21.1 Å². The average Bonchev–Trinajstić information content (AvgIpc) is 2.25. The minimum absolute atomic E-state index is 0.239. The highest BCUT2D eigenvalue weighted by Gasteiger charge is 2.22. The molecule has 0 fully saturated rings. The molecule has 0 saturated carbocycles. The Morgan fingerprint density at radius 2 is 1.70 bits per heavy atom. The van der Waals surface area contributed by atoms with Crippen LogP contribution in [0.5, 0.6) is 0 Å². The molecular weight excluding hydrogens is 258 g/mol. The highest BCUT2D eigenvalue weighted by atomic mass is 16.5. The van der Waals surface area contributed by atoms with Crippen molar-refractivity contribution < 1.29 is 23.9 Å². The molecule has 0 aliphatic carbocycles. The number of hydrogen-bond acceptors (Lipinski definition) is 4. The van der Waals surface area contributed by atoms with Gasteiger partial charge in [-0.3, -0.25) is 4.79 Å². The summed E-state index contributed by atoms with van der Waals surface area (Å²) in [6, 6.07) is 0. The van der Waals surface area contributed by atoms with Crippen LogP contribution in [0.4, 0.5) is 0 Å². The van der Waals surface area contributed by atoms with E-state index in [2.05, 4.69) is 6.92 Å². The summed E-state index contributed by atoms with van der Waals surface area (Å²) >= 11 is 0. The van der Waals surface area contributed by atoms with Gasteiger partial charge in [-0.1, -0.05) is 32.6 Å². The summed E-state index contributed by atoms with van der Waals surface area (Å²) in [5.74, 6) is -1.49. The van der Waals surface area contributed by atoms with Gasteiger partial charge in [0.2, 0.25) is 0 Å². The first kappa shape index (κ1) is 18.9. The van der Waals surface area contributed by atoms with Gasteiger partial charge in [0.1, 0.15) is 6.54 Å². The van der Waals surface area contributed by atoms with Gasteiger partial charge in [-0.15, -0.1) is 0 Å². The maximum absolute atomic E-state index is 11.7. The zero-order valence-corrected chi connectivity index (χ0v) is 13.3. The molecule has 0 aromatic rings. The topological polar surface area (TPSA) is 66.4 Å². The van der Waals surface area contributed by atoms with Crippen LogP contribution in [0.15, 0.2) is 0 Å². The minimum atomic E-state index is -1.18. The lowest BCUT2D eigenvalue weighted by atomic mass is 10.1. The zero-order valence-electron chi connectivity index (χ0n) is 13.3. The van der Waals surface area contributed by atoms with Crippen LogP contribution >= 0.6 is 0 Å². The molecule has 0 spiro atoms. The number of carboxylic acid groups (broad SMARTS) is 1. The van der Waals surface area contributed by atoms with Gasteiger partial charge in [0.05, 0.1) is 21.1 Å². The molecule has 118 valence electrons. The lowest BCUT2D eigenvalue weighted by molar-refractivity contribution is -0.873. The number of aliphatic carboxylic acids is 1. The highest BCUT2D eigenvalue weighted by Crippen LogP contribution is 2.09. The molecule has 1 atom stereocenters. The fourth-order valence-corrected chi connectivity index (χ4v) is 2.06. The zero-order chi connectivity index (χ0) is 15.6. The second-order valence-corrected chi connectivity index (χ2v) is 6.33. The van der Waals surface area contributed by atoms with Crippen molar-refractivity contribution in [3.05, 3.63) is 0 Å². The number of unbranched alkanes of at least 4 members (excludes halogenated alkanes) is 4. The van der Waals surface area contributed by atoms with Gasteiger partial charge in [-0.05, 0) is 6.42 Å². The van der Waals surface area contributed by atoms with Crippen LogP contribution in [-0.2, 0) is 14.3 Å². The van der Waals surface area contributed by atoms with E-state index >= 15 is 0 Å². The molecule has 0 rings (SSSR count). The number of quaternary nitrogens is 1. The monoisotopic (exact) mass is 287 g/mol. The molecule has 0 amide bonds. The second kappa shape index (κ2) is 9.75. The fraction of sp³-hybridized carbons (Fsp3) is 0.867. The SMILES string of the molecule is CCCCCCCC(=O)O[C@H](CC(=O)[O-])C[N+](C)(C)C. The van der Waals surface area contributed by atoms with Crippen molar-refractivity contribution in [2.24, 2.45) is 0 Å². The van der Waals surface area contributed by atoms with Crippen molar-refractivity contribution >= 4 is 11.9 Å². The van der Waals surface area contributed by atoms with E-state index in [1.54, 1.807) is 0 Å². The molecule has 0 unspecified atom stereocenters. The number of carbonyl (C=O) groups is 2. The number of hydrogen-bond donors (Lipinski definition) is 0. The van der Waals surface area contributed by atoms with Crippen molar-refractivity contribution in [3.63, 3.8) is 0 Å². The van der Waals surface area contributed by atoms with Crippen molar-refractivity contribution in [2.75, 3.05) is 27.7 Å². The van der Waals surface area contributed by atoms with Crippen LogP contribution in [0.1, 0.15) is 51.9 Å². The Kier molecular flexibility index (Phi) is 9.21. The number of carbonyl (C=O) groups excluding carboxylic acids is 2. The van der Waals surface area contributed by atoms with Crippen LogP contribution in [0.2, 0.25) is 0 Å². The summed E-state index contributed by atoms with van der Waals surface area (Å²) in [5, 5.41) is 10.7. The molecule has 5 heteroatoms. The molecule has 0 aromatic heterocycles. The van der Waals surface area contributed by atoms with Crippen molar-refractivity contribution in [1.29, 1.82) is 0 Å². The predicted molar refractivity (Wildman–Crippen MR) is 75.8 cm³/mol. The first-order valence-electron chi connectivity index (χ1n) is 7.44. The van der Waals surface area contributed by atoms with Crippen LogP contribution in [0.3, 0.4) is 0 Å². The Balaban J connectivity index is 4.08. The van der Waals surface area contributed by atoms with E-state index in [-0.39, 0.29) is 12.4 Å². The Hall–Kier alpha value is -1.10. The standard InChI is InChI=1S/C15H29NO4/c1-5-6-7-8-9-10-15(19)20-13(11-14(17)18)12-16(2,3)4/h13H,5-12H2,1-4H3/t13-/m1/s1. The number of nitrogens with zero attached hydrogens (tertiary/aromatic N) is 1. The fourth-order valence-electron chi connectivity index (χ4n) is 2.06. The molecule has 0 aliphatic rings. The van der Waals surface area contributed by atoms with Crippen molar-refractivity contribution in [2.45, 2.75) is 58.0 Å². The Labute approximate surface area is 122 Å². The summed E-state index contributed by atoms with van der Waals surface area (Å²) in [4.78, 5) is 22.4. The molecule has 5 nitrogen and oxygen atoms in total. The summed E-state index contributed by atoms with van der Waals surface area (Å²) < 4.78 is 5.81. The predicted octanol–water partition coefficient (Wildman–Crippen LogP) is 1.10. The van der Waals surface area contributed by atoms with Crippen LogP contribution in [-0.4, -0.2) is 50.2 Å². The van der Waals surface area contributed by atoms with E-state index in [0.29, 0.717) is 17.4 Å². The molecule has 0 bridgehead atoms. The number of rotatable bonds is 11.